The van der Waals surface area contributed by atoms with Crippen molar-refractivity contribution >= 4 is 29.5 Å². The monoisotopic (exact) mass is 494 g/mol. The van der Waals surface area contributed by atoms with Gasteiger partial charge in [-0.3, -0.25) is 19.8 Å². The Kier molecular flexibility index (Phi) is 9.14. The highest BCUT2D eigenvalue weighted by Crippen LogP contribution is 2.22. The Labute approximate surface area is 210 Å². The van der Waals surface area contributed by atoms with Crippen LogP contribution >= 0.6 is 12.4 Å². The first-order chi connectivity index (χ1) is 16.5. The number of benzene rings is 3. The molecule has 3 aromatic carbocycles. The minimum absolute atomic E-state index is 0. The van der Waals surface area contributed by atoms with Crippen molar-refractivity contribution in [2.24, 2.45) is 0 Å². The van der Waals surface area contributed by atoms with Gasteiger partial charge in [-0.25, -0.2) is 0 Å². The van der Waals surface area contributed by atoms with Crippen molar-refractivity contribution in [1.29, 1.82) is 0 Å². The summed E-state index contributed by atoms with van der Waals surface area (Å²) in [5, 5.41) is 21.2. The molecule has 0 radical (unpaired) electrons. The number of hydrogen-bond acceptors (Lipinski definition) is 6. The average molecular weight is 495 g/mol. The lowest BCUT2D eigenvalue weighted by Crippen LogP contribution is -2.38. The number of hydrogen-bond donors (Lipinski definition) is 1. The number of nitrogens with zero attached hydrogens (tertiary/aromatic N) is 2. The van der Waals surface area contributed by atoms with Gasteiger partial charge >= 0.3 is 0 Å². The van der Waals surface area contributed by atoms with Gasteiger partial charge in [-0.1, -0.05) is 36.4 Å². The van der Waals surface area contributed by atoms with Crippen molar-refractivity contribution in [1.82, 2.24) is 4.90 Å². The normalized spacial score (nSPS) is 14.4. The molecule has 0 fully saturated rings. The molecule has 1 unspecified atom stereocenters. The summed E-state index contributed by atoms with van der Waals surface area (Å²) in [6.45, 7) is 2.36. The number of ketones is 1. The zero-order valence-electron chi connectivity index (χ0n) is 19.1. The first-order valence-corrected chi connectivity index (χ1v) is 11.2. The summed E-state index contributed by atoms with van der Waals surface area (Å²) in [5.41, 5.74) is 3.36. The van der Waals surface area contributed by atoms with Crippen molar-refractivity contribution in [3.8, 4) is 5.75 Å². The molecule has 1 aliphatic heterocycles. The number of aliphatic hydroxyl groups is 1. The van der Waals surface area contributed by atoms with Crippen LogP contribution in [0.2, 0.25) is 0 Å². The molecule has 182 valence electrons. The van der Waals surface area contributed by atoms with Crippen LogP contribution in [0.25, 0.3) is 5.57 Å². The quantitative estimate of drug-likeness (QED) is 0.261. The molecule has 1 aliphatic rings. The number of non-ortho nitro benzene ring substituents is 1. The second kappa shape index (κ2) is 12.3. The van der Waals surface area contributed by atoms with Crippen LogP contribution < -0.4 is 4.74 Å². The molecule has 3 aromatic rings. The lowest BCUT2D eigenvalue weighted by molar-refractivity contribution is -0.384. The van der Waals surface area contributed by atoms with E-state index in [-0.39, 0.29) is 30.5 Å². The maximum Gasteiger partial charge on any atom is 0.269 e. The first kappa shape index (κ1) is 26.1. The molecule has 0 bridgehead atoms. The summed E-state index contributed by atoms with van der Waals surface area (Å²) in [6, 6.07) is 22.5. The molecule has 0 saturated carbocycles. The Morgan fingerprint density at radius 2 is 1.63 bits per heavy atom. The van der Waals surface area contributed by atoms with Crippen LogP contribution in [0.5, 0.6) is 5.75 Å². The Morgan fingerprint density at radius 3 is 2.20 bits per heavy atom. The number of halogens is 1. The van der Waals surface area contributed by atoms with Crippen LogP contribution in [0.15, 0.2) is 84.9 Å². The van der Waals surface area contributed by atoms with E-state index >= 15 is 0 Å². The van der Waals surface area contributed by atoms with Crippen LogP contribution in [0, 0.1) is 10.1 Å². The number of rotatable bonds is 9. The summed E-state index contributed by atoms with van der Waals surface area (Å²) < 4.78 is 5.70. The van der Waals surface area contributed by atoms with Gasteiger partial charge in [-0.05, 0) is 54.0 Å². The maximum absolute atomic E-state index is 12.6. The van der Waals surface area contributed by atoms with E-state index in [1.807, 2.05) is 18.2 Å². The number of ether oxygens (including phenoxy) is 1. The molecule has 0 aliphatic carbocycles. The van der Waals surface area contributed by atoms with E-state index in [0.29, 0.717) is 23.4 Å². The summed E-state index contributed by atoms with van der Waals surface area (Å²) in [5.74, 6) is 0.332. The van der Waals surface area contributed by atoms with Gasteiger partial charge in [-0.2, -0.15) is 0 Å². The average Bonchev–Trinajstić information content (AvgIpc) is 2.88. The summed E-state index contributed by atoms with van der Waals surface area (Å²) in [4.78, 5) is 25.0. The van der Waals surface area contributed by atoms with Gasteiger partial charge in [0.2, 0.25) is 0 Å². The van der Waals surface area contributed by atoms with E-state index in [2.05, 4.69) is 23.1 Å². The van der Waals surface area contributed by atoms with Gasteiger partial charge in [-0.15, -0.1) is 12.4 Å². The van der Waals surface area contributed by atoms with Gasteiger partial charge in [0.15, 0.2) is 5.78 Å². The number of carbonyl (C=O) groups excluding carboxylic acids is 1. The molecular weight excluding hydrogens is 468 g/mol. The van der Waals surface area contributed by atoms with Crippen LogP contribution in [0.1, 0.15) is 27.9 Å². The zero-order valence-corrected chi connectivity index (χ0v) is 19.9. The Hall–Kier alpha value is -3.52. The van der Waals surface area contributed by atoms with Gasteiger partial charge < -0.3 is 9.84 Å². The number of carbonyl (C=O) groups is 1. The zero-order chi connectivity index (χ0) is 23.9. The van der Waals surface area contributed by atoms with Gasteiger partial charge in [0.05, 0.1) is 4.92 Å². The number of nitro groups is 1. The molecule has 0 aromatic heterocycles. The van der Waals surface area contributed by atoms with E-state index in [9.17, 15) is 20.0 Å². The molecule has 7 nitrogen and oxygen atoms in total. The minimum atomic E-state index is -0.631. The van der Waals surface area contributed by atoms with E-state index in [0.717, 1.165) is 19.5 Å². The minimum Gasteiger partial charge on any atom is -0.491 e. The fraction of sp³-hybridized carbons (Fsp3) is 0.222. The van der Waals surface area contributed by atoms with Crippen LogP contribution in [-0.4, -0.2) is 53.1 Å². The molecule has 35 heavy (non-hydrogen) atoms. The third-order valence-electron chi connectivity index (χ3n) is 5.81. The fourth-order valence-electron chi connectivity index (χ4n) is 3.94. The van der Waals surface area contributed by atoms with Crippen molar-refractivity contribution in [2.45, 2.75) is 12.5 Å². The maximum atomic E-state index is 12.6. The van der Waals surface area contributed by atoms with E-state index in [1.165, 1.54) is 35.4 Å². The Balaban J connectivity index is 0.00000342. The highest BCUT2D eigenvalue weighted by Gasteiger charge is 2.17. The molecule has 1 atom stereocenters. The van der Waals surface area contributed by atoms with E-state index in [1.54, 1.807) is 24.3 Å². The van der Waals surface area contributed by atoms with E-state index < -0.39 is 11.0 Å². The molecule has 4 rings (SSSR count). The third kappa shape index (κ3) is 6.99. The predicted octanol–water partition coefficient (Wildman–Crippen LogP) is 4.78. The molecule has 0 amide bonds. The fourth-order valence-corrected chi connectivity index (χ4v) is 3.94. The smallest absolute Gasteiger partial charge is 0.269 e. The second-order valence-corrected chi connectivity index (χ2v) is 8.23. The summed E-state index contributed by atoms with van der Waals surface area (Å²) in [7, 11) is 0. The van der Waals surface area contributed by atoms with E-state index in [4.69, 9.17) is 4.74 Å². The standard InChI is InChI=1S/C27H26N2O5.ClH/c30-25(18-28-16-14-21(15-17-28)20-4-2-1-3-5-20)19-34-26-12-8-23(9-13-26)27(31)22-6-10-24(11-7-22)29(32)33;/h1-14,25,30H,15-19H2;1H. The summed E-state index contributed by atoms with van der Waals surface area (Å²) in [6.07, 6.45) is 2.53. The van der Waals surface area contributed by atoms with Crippen LogP contribution in [0.4, 0.5) is 5.69 Å². The van der Waals surface area contributed by atoms with Crippen LogP contribution in [0.3, 0.4) is 0 Å². The molecule has 1 heterocycles. The SMILES string of the molecule is Cl.O=C(c1ccc(OCC(O)CN2CC=C(c3ccccc3)CC2)cc1)c1ccc([N+](=O)[O-])cc1. The number of aliphatic hydroxyl groups excluding tert-OH is 1. The first-order valence-electron chi connectivity index (χ1n) is 11.2. The van der Waals surface area contributed by atoms with Gasteiger partial charge in [0.25, 0.3) is 5.69 Å². The Bertz CT molecular complexity index is 1160. The topological polar surface area (TPSA) is 92.9 Å². The van der Waals surface area contributed by atoms with Crippen molar-refractivity contribution in [3.05, 3.63) is 112 Å². The van der Waals surface area contributed by atoms with Gasteiger partial charge in [0.1, 0.15) is 18.5 Å². The lowest BCUT2D eigenvalue weighted by Gasteiger charge is -2.28. The molecule has 1 N–H and O–H groups in total. The highest BCUT2D eigenvalue weighted by molar-refractivity contribution is 6.09. The number of nitro benzene ring substituents is 1. The molecule has 8 heteroatoms. The van der Waals surface area contributed by atoms with Crippen molar-refractivity contribution in [3.63, 3.8) is 0 Å². The van der Waals surface area contributed by atoms with Gasteiger partial charge in [0, 0.05) is 42.9 Å². The second-order valence-electron chi connectivity index (χ2n) is 8.23. The highest BCUT2D eigenvalue weighted by atomic mass is 35.5. The molecule has 0 saturated heterocycles. The Morgan fingerprint density at radius 1 is 1.00 bits per heavy atom. The molecule has 0 spiro atoms. The van der Waals surface area contributed by atoms with Crippen molar-refractivity contribution in [2.75, 3.05) is 26.2 Å². The number of β-amino-alcohol motifs (C(OH)–C–C–N with tert-alkyl or cyclic N) is 1. The van der Waals surface area contributed by atoms with Crippen molar-refractivity contribution < 1.29 is 19.6 Å². The predicted molar refractivity (Wildman–Crippen MR) is 137 cm³/mol. The largest absolute Gasteiger partial charge is 0.491 e. The summed E-state index contributed by atoms with van der Waals surface area (Å²) >= 11 is 0. The lowest BCUT2D eigenvalue weighted by atomic mass is 9.99. The third-order valence-corrected chi connectivity index (χ3v) is 5.81. The van der Waals surface area contributed by atoms with Crippen LogP contribution in [-0.2, 0) is 0 Å². The molecular formula is C27H27ClN2O5.